The van der Waals surface area contributed by atoms with Crippen LogP contribution >= 0.6 is 11.3 Å². The fourth-order valence-electron chi connectivity index (χ4n) is 3.61. The van der Waals surface area contributed by atoms with Crippen LogP contribution in [0.2, 0.25) is 0 Å². The molecule has 0 bridgehead atoms. The van der Waals surface area contributed by atoms with E-state index in [1.54, 1.807) is 46.8 Å². The first-order valence-electron chi connectivity index (χ1n) is 10.8. The number of carbonyl (C=O) groups is 3. The number of aliphatic hydroxyl groups excluding tert-OH is 1. The summed E-state index contributed by atoms with van der Waals surface area (Å²) in [5, 5.41) is 11.4. The molecule has 33 heavy (non-hydrogen) atoms. The van der Waals surface area contributed by atoms with Crippen molar-refractivity contribution in [3.05, 3.63) is 51.9 Å². The minimum Gasteiger partial charge on any atom is -0.462 e. The van der Waals surface area contributed by atoms with Gasteiger partial charge in [0, 0.05) is 5.56 Å². The van der Waals surface area contributed by atoms with Gasteiger partial charge in [-0.2, -0.15) is 0 Å². The third-order valence-corrected chi connectivity index (χ3v) is 6.42. The lowest BCUT2D eigenvalue weighted by atomic mass is 10.1. The van der Waals surface area contributed by atoms with Crippen molar-refractivity contribution >= 4 is 34.3 Å². The SMILES string of the molecule is CCOC(=O)c1sc2c(c1C)CN(CC(=O)OC(C)(C)C)C(=O)N2CC(O)c1ccccc1. The Kier molecular flexibility index (Phi) is 7.44. The maximum atomic E-state index is 13.4. The Labute approximate surface area is 197 Å². The number of anilines is 1. The van der Waals surface area contributed by atoms with Crippen LogP contribution in [-0.4, -0.2) is 53.3 Å². The van der Waals surface area contributed by atoms with Gasteiger partial charge in [0.25, 0.3) is 0 Å². The quantitative estimate of drug-likeness (QED) is 0.608. The molecule has 1 aromatic heterocycles. The van der Waals surface area contributed by atoms with Crippen molar-refractivity contribution in [3.63, 3.8) is 0 Å². The summed E-state index contributed by atoms with van der Waals surface area (Å²) in [6, 6.07) is 8.59. The van der Waals surface area contributed by atoms with Gasteiger partial charge >= 0.3 is 18.0 Å². The number of esters is 2. The van der Waals surface area contributed by atoms with Gasteiger partial charge in [-0.3, -0.25) is 9.69 Å². The van der Waals surface area contributed by atoms with Crippen LogP contribution in [0.3, 0.4) is 0 Å². The van der Waals surface area contributed by atoms with Crippen molar-refractivity contribution in [1.82, 2.24) is 4.90 Å². The van der Waals surface area contributed by atoms with Crippen LogP contribution in [0.4, 0.5) is 9.80 Å². The van der Waals surface area contributed by atoms with E-state index in [9.17, 15) is 19.5 Å². The number of β-amino-alcohol motifs (C(OH)–C–C–N with tert-alkyl or cyclic N) is 1. The molecule has 2 amide bonds. The van der Waals surface area contributed by atoms with Crippen LogP contribution in [0.15, 0.2) is 30.3 Å². The van der Waals surface area contributed by atoms with Crippen LogP contribution in [0, 0.1) is 6.92 Å². The molecule has 0 radical (unpaired) electrons. The number of ether oxygens (including phenoxy) is 2. The number of nitrogens with zero attached hydrogens (tertiary/aromatic N) is 2. The zero-order chi connectivity index (χ0) is 24.3. The zero-order valence-electron chi connectivity index (χ0n) is 19.6. The molecule has 178 valence electrons. The molecule has 0 saturated carbocycles. The number of urea groups is 1. The van der Waals surface area contributed by atoms with Gasteiger partial charge in [0.2, 0.25) is 0 Å². The summed E-state index contributed by atoms with van der Waals surface area (Å²) < 4.78 is 10.6. The van der Waals surface area contributed by atoms with Gasteiger partial charge in [-0.15, -0.1) is 11.3 Å². The van der Waals surface area contributed by atoms with Gasteiger partial charge in [-0.1, -0.05) is 30.3 Å². The number of benzene rings is 1. The van der Waals surface area contributed by atoms with Crippen molar-refractivity contribution in [2.75, 3.05) is 24.6 Å². The Morgan fingerprint density at radius 2 is 1.88 bits per heavy atom. The maximum Gasteiger partial charge on any atom is 0.348 e. The number of aliphatic hydroxyl groups is 1. The second-order valence-corrected chi connectivity index (χ2v) is 9.82. The summed E-state index contributed by atoms with van der Waals surface area (Å²) in [6.45, 7) is 8.95. The topological polar surface area (TPSA) is 96.4 Å². The average molecular weight is 475 g/mol. The molecule has 1 unspecified atom stereocenters. The monoisotopic (exact) mass is 474 g/mol. The number of fused-ring (bicyclic) bond motifs is 1. The molecule has 0 spiro atoms. The summed E-state index contributed by atoms with van der Waals surface area (Å²) in [6.07, 6.45) is -0.946. The van der Waals surface area contributed by atoms with E-state index in [0.717, 1.165) is 5.56 Å². The van der Waals surface area contributed by atoms with Gasteiger partial charge in [0.15, 0.2) is 0 Å². The van der Waals surface area contributed by atoms with Crippen molar-refractivity contribution in [2.24, 2.45) is 0 Å². The third kappa shape index (κ3) is 5.72. The van der Waals surface area contributed by atoms with Gasteiger partial charge in [0.05, 0.1) is 25.8 Å². The highest BCUT2D eigenvalue weighted by Gasteiger charge is 2.38. The van der Waals surface area contributed by atoms with E-state index < -0.39 is 29.7 Å². The minimum atomic E-state index is -0.946. The first-order chi connectivity index (χ1) is 15.5. The van der Waals surface area contributed by atoms with Gasteiger partial charge in [-0.25, -0.2) is 9.59 Å². The summed E-state index contributed by atoms with van der Waals surface area (Å²) in [7, 11) is 0. The zero-order valence-corrected chi connectivity index (χ0v) is 20.4. The number of carbonyl (C=O) groups excluding carboxylic acids is 3. The largest absolute Gasteiger partial charge is 0.462 e. The lowest BCUT2D eigenvalue weighted by molar-refractivity contribution is -0.155. The Balaban J connectivity index is 1.95. The van der Waals surface area contributed by atoms with Crippen molar-refractivity contribution in [3.8, 4) is 0 Å². The highest BCUT2D eigenvalue weighted by Crippen LogP contribution is 2.41. The molecule has 0 fully saturated rings. The lowest BCUT2D eigenvalue weighted by Gasteiger charge is -2.36. The number of rotatable bonds is 7. The predicted molar refractivity (Wildman–Crippen MR) is 125 cm³/mol. The Morgan fingerprint density at radius 1 is 1.21 bits per heavy atom. The molecule has 1 aliphatic rings. The summed E-state index contributed by atoms with van der Waals surface area (Å²) >= 11 is 1.17. The van der Waals surface area contributed by atoms with Crippen molar-refractivity contribution < 1.29 is 29.0 Å². The Bertz CT molecular complexity index is 1030. The van der Waals surface area contributed by atoms with Crippen molar-refractivity contribution in [1.29, 1.82) is 0 Å². The van der Waals surface area contributed by atoms with Gasteiger partial charge < -0.3 is 19.5 Å². The van der Waals surface area contributed by atoms with Crippen molar-refractivity contribution in [2.45, 2.75) is 52.9 Å². The number of hydrogen-bond donors (Lipinski definition) is 1. The Hall–Kier alpha value is -2.91. The van der Waals surface area contributed by atoms with E-state index in [2.05, 4.69) is 0 Å². The van der Waals surface area contributed by atoms with Gasteiger partial charge in [0.1, 0.15) is 22.0 Å². The summed E-state index contributed by atoms with van der Waals surface area (Å²) in [5.74, 6) is -0.981. The van der Waals surface area contributed by atoms with E-state index in [0.29, 0.717) is 21.0 Å². The number of hydrogen-bond acceptors (Lipinski definition) is 7. The molecule has 2 aromatic rings. The van der Waals surface area contributed by atoms with Crippen LogP contribution in [0.5, 0.6) is 0 Å². The van der Waals surface area contributed by atoms with Gasteiger partial charge in [-0.05, 0) is 45.7 Å². The number of amides is 2. The fraction of sp³-hybridized carbons (Fsp3) is 0.458. The molecule has 2 heterocycles. The summed E-state index contributed by atoms with van der Waals surface area (Å²) in [5.41, 5.74) is 1.44. The van der Waals surface area contributed by atoms with E-state index in [1.807, 2.05) is 18.2 Å². The molecule has 8 nitrogen and oxygen atoms in total. The maximum absolute atomic E-state index is 13.4. The molecule has 3 rings (SSSR count). The van der Waals surface area contributed by atoms with Crippen LogP contribution in [0.1, 0.15) is 60.2 Å². The van der Waals surface area contributed by atoms with E-state index >= 15 is 0 Å². The lowest BCUT2D eigenvalue weighted by Crippen LogP contribution is -2.50. The normalized spacial score (nSPS) is 14.7. The standard InChI is InChI=1S/C24H30N2O6S/c1-6-31-22(29)20-15(2)17-12-25(14-19(28)32-24(3,4)5)23(30)26(21(17)33-20)13-18(27)16-10-8-7-9-11-16/h7-11,18,27H,6,12-14H2,1-5H3. The molecule has 1 N–H and O–H groups in total. The highest BCUT2D eigenvalue weighted by atomic mass is 32.1. The van der Waals surface area contributed by atoms with E-state index in [1.165, 1.54) is 21.1 Å². The molecular weight excluding hydrogens is 444 g/mol. The fourth-order valence-corrected chi connectivity index (χ4v) is 4.83. The molecule has 1 aromatic carbocycles. The summed E-state index contributed by atoms with van der Waals surface area (Å²) in [4.78, 5) is 41.6. The predicted octanol–water partition coefficient (Wildman–Crippen LogP) is 4.05. The minimum absolute atomic E-state index is 0.0249. The average Bonchev–Trinajstić information content (AvgIpc) is 3.06. The number of thiophene rings is 1. The molecular formula is C24H30N2O6S. The first-order valence-corrected chi connectivity index (χ1v) is 11.6. The molecule has 9 heteroatoms. The molecule has 0 aliphatic carbocycles. The first kappa shape index (κ1) is 24.7. The van der Waals surface area contributed by atoms with Crippen LogP contribution < -0.4 is 4.90 Å². The van der Waals surface area contributed by atoms with E-state index in [-0.39, 0.29) is 26.2 Å². The molecule has 0 saturated heterocycles. The van der Waals surface area contributed by atoms with E-state index in [4.69, 9.17) is 9.47 Å². The molecule has 1 aliphatic heterocycles. The van der Waals surface area contributed by atoms with Crippen LogP contribution in [0.25, 0.3) is 0 Å². The second kappa shape index (κ2) is 9.93. The highest BCUT2D eigenvalue weighted by molar-refractivity contribution is 7.18. The Morgan fingerprint density at radius 3 is 2.48 bits per heavy atom. The third-order valence-electron chi connectivity index (χ3n) is 5.09. The smallest absolute Gasteiger partial charge is 0.348 e. The van der Waals surface area contributed by atoms with Crippen LogP contribution in [-0.2, 0) is 20.8 Å². The second-order valence-electron chi connectivity index (χ2n) is 8.82. The molecule has 1 atom stereocenters.